The second-order valence-electron chi connectivity index (χ2n) is 5.24. The minimum absolute atomic E-state index is 0.0322. The van der Waals surface area contributed by atoms with Gasteiger partial charge in [0.15, 0.2) is 9.84 Å². The van der Waals surface area contributed by atoms with Gasteiger partial charge in [-0.05, 0) is 25.6 Å². The molecule has 2 heterocycles. The van der Waals surface area contributed by atoms with Crippen molar-refractivity contribution in [1.29, 1.82) is 0 Å². The summed E-state index contributed by atoms with van der Waals surface area (Å²) in [5.74, 6) is 0.334. The van der Waals surface area contributed by atoms with Crippen LogP contribution in [-0.4, -0.2) is 61.5 Å². The van der Waals surface area contributed by atoms with Crippen molar-refractivity contribution in [1.82, 2.24) is 14.8 Å². The standard InChI is InChI=1S/C13H21N3O3S/c1-15(12-4-9-20(18,19)11-12)10-13(17)14-5-8-16-6-2-3-7-16/h2-3,6-7,12H,4-5,8-11H2,1H3,(H,14,17). The predicted octanol–water partition coefficient (Wildman–Crippen LogP) is -0.277. The zero-order chi connectivity index (χ0) is 14.6. The maximum absolute atomic E-state index is 11.8. The van der Waals surface area contributed by atoms with Gasteiger partial charge in [-0.2, -0.15) is 0 Å². The van der Waals surface area contributed by atoms with Gasteiger partial charge in [0.2, 0.25) is 5.91 Å². The molecule has 1 aromatic heterocycles. The number of hydrogen-bond acceptors (Lipinski definition) is 4. The lowest BCUT2D eigenvalue weighted by Crippen LogP contribution is -2.41. The van der Waals surface area contributed by atoms with Crippen molar-refractivity contribution in [3.63, 3.8) is 0 Å². The number of likely N-dealkylation sites (N-methyl/N-ethyl adjacent to an activating group) is 1. The molecule has 2 rings (SSSR count). The Morgan fingerprint density at radius 3 is 2.70 bits per heavy atom. The van der Waals surface area contributed by atoms with Crippen LogP contribution in [0.3, 0.4) is 0 Å². The van der Waals surface area contributed by atoms with Gasteiger partial charge in [-0.25, -0.2) is 8.42 Å². The third-order valence-electron chi connectivity index (χ3n) is 3.58. The van der Waals surface area contributed by atoms with Crippen molar-refractivity contribution in [2.45, 2.75) is 19.0 Å². The van der Waals surface area contributed by atoms with Gasteiger partial charge < -0.3 is 9.88 Å². The summed E-state index contributed by atoms with van der Waals surface area (Å²) in [6, 6.07) is 3.85. The van der Waals surface area contributed by atoms with Crippen LogP contribution in [-0.2, 0) is 21.2 Å². The molecule has 0 aliphatic carbocycles. The molecular weight excluding hydrogens is 278 g/mol. The first kappa shape index (κ1) is 15.1. The minimum Gasteiger partial charge on any atom is -0.353 e. The third-order valence-corrected chi connectivity index (χ3v) is 5.33. The summed E-state index contributed by atoms with van der Waals surface area (Å²) in [7, 11) is -1.10. The molecule has 1 amide bonds. The van der Waals surface area contributed by atoms with Crippen LogP contribution in [0, 0.1) is 0 Å². The van der Waals surface area contributed by atoms with E-state index in [2.05, 4.69) is 5.32 Å². The molecule has 7 heteroatoms. The Balaban J connectivity index is 1.69. The number of carbonyl (C=O) groups is 1. The van der Waals surface area contributed by atoms with Gasteiger partial charge >= 0.3 is 0 Å². The molecule has 20 heavy (non-hydrogen) atoms. The molecule has 1 fully saturated rings. The molecule has 112 valence electrons. The number of sulfone groups is 1. The Morgan fingerprint density at radius 2 is 2.10 bits per heavy atom. The van der Waals surface area contributed by atoms with Crippen molar-refractivity contribution in [3.05, 3.63) is 24.5 Å². The van der Waals surface area contributed by atoms with Gasteiger partial charge in [0.1, 0.15) is 0 Å². The first-order valence-corrected chi connectivity index (χ1v) is 8.56. The Kier molecular flexibility index (Phi) is 4.82. The number of amides is 1. The van der Waals surface area contributed by atoms with E-state index in [1.807, 2.05) is 34.0 Å². The van der Waals surface area contributed by atoms with Gasteiger partial charge in [-0.15, -0.1) is 0 Å². The summed E-state index contributed by atoms with van der Waals surface area (Å²) in [5, 5.41) is 2.85. The zero-order valence-corrected chi connectivity index (χ0v) is 12.5. The first-order valence-electron chi connectivity index (χ1n) is 6.74. The Bertz CT molecular complexity index is 539. The summed E-state index contributed by atoms with van der Waals surface area (Å²) in [5.41, 5.74) is 0. The molecule has 1 aromatic rings. The second kappa shape index (κ2) is 6.41. The number of carbonyl (C=O) groups excluding carboxylic acids is 1. The molecule has 0 spiro atoms. The molecule has 0 radical (unpaired) electrons. The van der Waals surface area contributed by atoms with Crippen molar-refractivity contribution in [3.8, 4) is 0 Å². The van der Waals surface area contributed by atoms with Crippen molar-refractivity contribution < 1.29 is 13.2 Å². The predicted molar refractivity (Wildman–Crippen MR) is 77.1 cm³/mol. The topological polar surface area (TPSA) is 71.4 Å². The van der Waals surface area contributed by atoms with E-state index in [-0.39, 0.29) is 30.0 Å². The fourth-order valence-corrected chi connectivity index (χ4v) is 4.18. The van der Waals surface area contributed by atoms with Gasteiger partial charge in [-0.1, -0.05) is 0 Å². The van der Waals surface area contributed by atoms with Crippen LogP contribution >= 0.6 is 0 Å². The van der Waals surface area contributed by atoms with Gasteiger partial charge in [-0.3, -0.25) is 9.69 Å². The van der Waals surface area contributed by atoms with Crippen molar-refractivity contribution in [2.24, 2.45) is 0 Å². The summed E-state index contributed by atoms with van der Waals surface area (Å²) < 4.78 is 24.8. The molecule has 0 aromatic carbocycles. The Hall–Kier alpha value is -1.34. The molecule has 6 nitrogen and oxygen atoms in total. The molecule has 1 saturated heterocycles. The second-order valence-corrected chi connectivity index (χ2v) is 7.47. The monoisotopic (exact) mass is 299 g/mol. The number of hydrogen-bond donors (Lipinski definition) is 1. The van der Waals surface area contributed by atoms with E-state index in [9.17, 15) is 13.2 Å². The van der Waals surface area contributed by atoms with E-state index >= 15 is 0 Å². The van der Waals surface area contributed by atoms with Crippen molar-refractivity contribution >= 4 is 15.7 Å². The molecule has 1 unspecified atom stereocenters. The van der Waals surface area contributed by atoms with E-state index in [0.29, 0.717) is 13.0 Å². The average Bonchev–Trinajstić information content (AvgIpc) is 2.98. The fourth-order valence-electron chi connectivity index (χ4n) is 2.38. The van der Waals surface area contributed by atoms with Crippen LogP contribution in [0.4, 0.5) is 0 Å². The highest BCUT2D eigenvalue weighted by Crippen LogP contribution is 2.15. The number of rotatable bonds is 6. The van der Waals surface area contributed by atoms with E-state index in [0.717, 1.165) is 6.54 Å². The number of nitrogens with zero attached hydrogens (tertiary/aromatic N) is 2. The molecule has 0 saturated carbocycles. The van der Waals surface area contributed by atoms with E-state index < -0.39 is 9.84 Å². The highest BCUT2D eigenvalue weighted by molar-refractivity contribution is 7.91. The number of nitrogens with one attached hydrogen (secondary N) is 1. The van der Waals surface area contributed by atoms with Crippen LogP contribution in [0.25, 0.3) is 0 Å². The smallest absolute Gasteiger partial charge is 0.234 e. The lowest BCUT2D eigenvalue weighted by atomic mass is 10.2. The average molecular weight is 299 g/mol. The number of aromatic nitrogens is 1. The highest BCUT2D eigenvalue weighted by Gasteiger charge is 2.31. The van der Waals surface area contributed by atoms with Crippen LogP contribution in [0.2, 0.25) is 0 Å². The van der Waals surface area contributed by atoms with Crippen molar-refractivity contribution in [2.75, 3.05) is 31.6 Å². The van der Waals surface area contributed by atoms with E-state index in [1.54, 1.807) is 7.05 Å². The third kappa shape index (κ3) is 4.35. The van der Waals surface area contributed by atoms with Crippen LogP contribution in [0.15, 0.2) is 24.5 Å². The molecule has 1 aliphatic heterocycles. The molecule has 0 bridgehead atoms. The molecule has 1 aliphatic rings. The highest BCUT2D eigenvalue weighted by atomic mass is 32.2. The molecule has 1 atom stereocenters. The first-order chi connectivity index (χ1) is 9.46. The van der Waals surface area contributed by atoms with Gasteiger partial charge in [0.05, 0.1) is 18.1 Å². The van der Waals surface area contributed by atoms with Gasteiger partial charge in [0, 0.05) is 31.5 Å². The summed E-state index contributed by atoms with van der Waals surface area (Å²) in [6.07, 6.45) is 4.51. The summed E-state index contributed by atoms with van der Waals surface area (Å²) in [4.78, 5) is 13.6. The SMILES string of the molecule is CN(CC(=O)NCCn1cccc1)C1CCS(=O)(=O)C1. The molecular formula is C13H21N3O3S. The van der Waals surface area contributed by atoms with E-state index in [1.165, 1.54) is 0 Å². The largest absolute Gasteiger partial charge is 0.353 e. The zero-order valence-electron chi connectivity index (χ0n) is 11.7. The Morgan fingerprint density at radius 1 is 1.40 bits per heavy atom. The molecule has 1 N–H and O–H groups in total. The van der Waals surface area contributed by atoms with Gasteiger partial charge in [0.25, 0.3) is 0 Å². The lowest BCUT2D eigenvalue weighted by molar-refractivity contribution is -0.122. The van der Waals surface area contributed by atoms with E-state index in [4.69, 9.17) is 0 Å². The maximum atomic E-state index is 11.8. The lowest BCUT2D eigenvalue weighted by Gasteiger charge is -2.22. The minimum atomic E-state index is -2.90. The van der Waals surface area contributed by atoms with Crippen LogP contribution < -0.4 is 5.32 Å². The normalized spacial score (nSPS) is 21.2. The van der Waals surface area contributed by atoms with Crippen LogP contribution in [0.1, 0.15) is 6.42 Å². The van der Waals surface area contributed by atoms with Crippen LogP contribution in [0.5, 0.6) is 0 Å². The quantitative estimate of drug-likeness (QED) is 0.784. The Labute approximate surface area is 119 Å². The maximum Gasteiger partial charge on any atom is 0.234 e. The summed E-state index contributed by atoms with van der Waals surface area (Å²) >= 11 is 0. The fraction of sp³-hybridized carbons (Fsp3) is 0.615. The summed E-state index contributed by atoms with van der Waals surface area (Å²) in [6.45, 7) is 1.55.